The largest absolute Gasteiger partial charge is 0.335 e. The molecule has 2 amide bonds. The van der Waals surface area contributed by atoms with Crippen LogP contribution >= 0.6 is 0 Å². The number of amides is 2. The molecule has 11 heteroatoms. The van der Waals surface area contributed by atoms with Crippen LogP contribution in [0.25, 0.3) is 0 Å². The normalized spacial score (nSPS) is 21.9. The number of rotatable bonds is 6. The highest BCUT2D eigenvalue weighted by molar-refractivity contribution is 7.89. The van der Waals surface area contributed by atoms with E-state index in [0.717, 1.165) is 37.9 Å². The van der Waals surface area contributed by atoms with Crippen molar-refractivity contribution in [3.8, 4) is 0 Å². The summed E-state index contributed by atoms with van der Waals surface area (Å²) in [6.07, 6.45) is 7.30. The number of hydrogen-bond acceptors (Lipinski definition) is 6. The Morgan fingerprint density at radius 3 is 2.33 bits per heavy atom. The molecule has 1 saturated carbocycles. The van der Waals surface area contributed by atoms with Gasteiger partial charge in [-0.25, -0.2) is 13.2 Å². The summed E-state index contributed by atoms with van der Waals surface area (Å²) in [5.41, 5.74) is -0.261. The standard InChI is InChI=1S/C22H33N5O5S/c28-22(23-19-8-10-24(11-9-19)17-18-4-1-2-5-18)25-12-14-26(15-13-25)33(31,32)21-7-3-6-20(16-21)27(29)30/h3,6-7,16,18-19H,1-2,4-5,8-15,17H2,(H,23,28). The fraction of sp³-hybridized carbons (Fsp3) is 0.682. The van der Waals surface area contributed by atoms with Crippen molar-refractivity contribution in [3.05, 3.63) is 34.4 Å². The minimum atomic E-state index is -3.85. The lowest BCUT2D eigenvalue weighted by Crippen LogP contribution is -2.55. The van der Waals surface area contributed by atoms with Crippen LogP contribution in [0.3, 0.4) is 0 Å². The van der Waals surface area contributed by atoms with Gasteiger partial charge in [-0.1, -0.05) is 18.9 Å². The lowest BCUT2D eigenvalue weighted by molar-refractivity contribution is -0.385. The van der Waals surface area contributed by atoms with Crippen LogP contribution in [0.5, 0.6) is 0 Å². The molecule has 1 aliphatic carbocycles. The number of non-ortho nitro benzene ring substituents is 1. The molecule has 0 unspecified atom stereocenters. The van der Waals surface area contributed by atoms with Gasteiger partial charge < -0.3 is 15.1 Å². The minimum absolute atomic E-state index is 0.0982. The van der Waals surface area contributed by atoms with Crippen molar-refractivity contribution < 1.29 is 18.1 Å². The quantitative estimate of drug-likeness (QED) is 0.494. The molecule has 1 N–H and O–H groups in total. The van der Waals surface area contributed by atoms with Gasteiger partial charge in [-0.3, -0.25) is 10.1 Å². The number of nitrogens with zero attached hydrogens (tertiary/aromatic N) is 4. The van der Waals surface area contributed by atoms with E-state index in [1.54, 1.807) is 4.90 Å². The van der Waals surface area contributed by atoms with E-state index in [1.165, 1.54) is 54.7 Å². The molecular formula is C22H33N5O5S. The third kappa shape index (κ3) is 5.82. The Morgan fingerprint density at radius 1 is 1.03 bits per heavy atom. The van der Waals surface area contributed by atoms with E-state index >= 15 is 0 Å². The predicted molar refractivity (Wildman–Crippen MR) is 123 cm³/mol. The highest BCUT2D eigenvalue weighted by Gasteiger charge is 2.32. The monoisotopic (exact) mass is 479 g/mol. The first-order chi connectivity index (χ1) is 15.8. The van der Waals surface area contributed by atoms with Crippen LogP contribution in [-0.2, 0) is 10.0 Å². The van der Waals surface area contributed by atoms with Crippen LogP contribution in [0.4, 0.5) is 10.5 Å². The maximum Gasteiger partial charge on any atom is 0.317 e. The fourth-order valence-corrected chi connectivity index (χ4v) is 6.58. The summed E-state index contributed by atoms with van der Waals surface area (Å²) in [6.45, 7) is 4.12. The zero-order valence-corrected chi connectivity index (χ0v) is 19.7. The van der Waals surface area contributed by atoms with Crippen LogP contribution in [0, 0.1) is 16.0 Å². The van der Waals surface area contributed by atoms with Crippen molar-refractivity contribution in [1.29, 1.82) is 0 Å². The Bertz CT molecular complexity index is 950. The Morgan fingerprint density at radius 2 is 1.70 bits per heavy atom. The lowest BCUT2D eigenvalue weighted by atomic mass is 10.0. The molecule has 2 aliphatic heterocycles. The van der Waals surface area contributed by atoms with Gasteiger partial charge in [-0.15, -0.1) is 0 Å². The SMILES string of the molecule is O=C(NC1CCN(CC2CCCC2)CC1)N1CCN(S(=O)(=O)c2cccc([N+](=O)[O-])c2)CC1. The molecule has 1 aromatic carbocycles. The topological polar surface area (TPSA) is 116 Å². The van der Waals surface area contributed by atoms with Gasteiger partial charge in [-0.05, 0) is 37.7 Å². The van der Waals surface area contributed by atoms with Crippen molar-refractivity contribution in [1.82, 2.24) is 19.4 Å². The zero-order valence-electron chi connectivity index (χ0n) is 18.9. The molecule has 2 saturated heterocycles. The van der Waals surface area contributed by atoms with Crippen LogP contribution in [-0.4, -0.2) is 85.3 Å². The molecule has 0 atom stereocenters. The number of piperidine rings is 1. The van der Waals surface area contributed by atoms with E-state index < -0.39 is 14.9 Å². The minimum Gasteiger partial charge on any atom is -0.335 e. The highest BCUT2D eigenvalue weighted by Crippen LogP contribution is 2.26. The van der Waals surface area contributed by atoms with Crippen molar-refractivity contribution in [3.63, 3.8) is 0 Å². The number of carbonyl (C=O) groups excluding carboxylic acids is 1. The predicted octanol–water partition coefficient (Wildman–Crippen LogP) is 2.27. The number of sulfonamides is 1. The number of nitro benzene ring substituents is 1. The van der Waals surface area contributed by atoms with Crippen molar-refractivity contribution in [2.24, 2.45) is 5.92 Å². The summed E-state index contributed by atoms with van der Waals surface area (Å²) in [6, 6.07) is 5.09. The Balaban J connectivity index is 1.24. The van der Waals surface area contributed by atoms with Crippen LogP contribution < -0.4 is 5.32 Å². The molecule has 1 aromatic rings. The maximum atomic E-state index is 12.9. The third-order valence-electron chi connectivity index (χ3n) is 7.10. The molecule has 3 fully saturated rings. The van der Waals surface area contributed by atoms with E-state index in [1.807, 2.05) is 0 Å². The molecule has 0 aromatic heterocycles. The van der Waals surface area contributed by atoms with Gasteiger partial charge >= 0.3 is 6.03 Å². The molecule has 0 spiro atoms. The van der Waals surface area contributed by atoms with Gasteiger partial charge in [0.2, 0.25) is 10.0 Å². The Kier molecular flexibility index (Phi) is 7.50. The van der Waals surface area contributed by atoms with Crippen molar-refractivity contribution >= 4 is 21.7 Å². The molecule has 4 rings (SSSR count). The van der Waals surface area contributed by atoms with Gasteiger partial charge in [0.05, 0.1) is 9.82 Å². The third-order valence-corrected chi connectivity index (χ3v) is 8.99. The van der Waals surface area contributed by atoms with Gasteiger partial charge in [0.1, 0.15) is 0 Å². The number of piperazine rings is 1. The number of hydrogen-bond donors (Lipinski definition) is 1. The zero-order chi connectivity index (χ0) is 23.4. The van der Waals surface area contributed by atoms with E-state index in [0.29, 0.717) is 13.1 Å². The number of benzene rings is 1. The second-order valence-electron chi connectivity index (χ2n) is 9.32. The van der Waals surface area contributed by atoms with Gasteiger partial charge in [0, 0.05) is 64.0 Å². The van der Waals surface area contributed by atoms with Gasteiger partial charge in [-0.2, -0.15) is 4.31 Å². The number of nitrogens with one attached hydrogen (secondary N) is 1. The second-order valence-corrected chi connectivity index (χ2v) is 11.3. The summed E-state index contributed by atoms with van der Waals surface area (Å²) >= 11 is 0. The van der Waals surface area contributed by atoms with Gasteiger partial charge in [0.25, 0.3) is 5.69 Å². The van der Waals surface area contributed by atoms with E-state index in [-0.39, 0.29) is 35.7 Å². The molecule has 0 radical (unpaired) electrons. The lowest BCUT2D eigenvalue weighted by Gasteiger charge is -2.37. The van der Waals surface area contributed by atoms with Crippen molar-refractivity contribution in [2.75, 3.05) is 45.8 Å². The van der Waals surface area contributed by atoms with Crippen molar-refractivity contribution in [2.45, 2.75) is 49.5 Å². The smallest absolute Gasteiger partial charge is 0.317 e. The van der Waals surface area contributed by atoms with Crippen LogP contribution in [0.2, 0.25) is 0 Å². The summed E-state index contributed by atoms with van der Waals surface area (Å²) in [5.74, 6) is 0.839. The maximum absolute atomic E-state index is 12.9. The first-order valence-corrected chi connectivity index (χ1v) is 13.3. The van der Waals surface area contributed by atoms with E-state index in [2.05, 4.69) is 10.2 Å². The molecule has 10 nitrogen and oxygen atoms in total. The molecule has 0 bridgehead atoms. The molecule has 182 valence electrons. The number of nitro groups is 1. The van der Waals surface area contributed by atoms with Crippen LogP contribution in [0.15, 0.2) is 29.2 Å². The number of urea groups is 1. The summed E-state index contributed by atoms with van der Waals surface area (Å²) in [5, 5.41) is 14.1. The average molecular weight is 480 g/mol. The Labute approximate surface area is 195 Å². The first-order valence-electron chi connectivity index (χ1n) is 11.9. The first kappa shape index (κ1) is 23.9. The number of likely N-dealkylation sites (tertiary alicyclic amines) is 1. The van der Waals surface area contributed by atoms with E-state index in [4.69, 9.17) is 0 Å². The summed E-state index contributed by atoms with van der Waals surface area (Å²) in [7, 11) is -3.85. The van der Waals surface area contributed by atoms with E-state index in [9.17, 15) is 23.3 Å². The molecule has 2 heterocycles. The number of carbonyl (C=O) groups is 1. The average Bonchev–Trinajstić information content (AvgIpc) is 3.33. The summed E-state index contributed by atoms with van der Waals surface area (Å²) in [4.78, 5) is 27.2. The second kappa shape index (κ2) is 10.4. The molecule has 33 heavy (non-hydrogen) atoms. The van der Waals surface area contributed by atoms with Crippen LogP contribution in [0.1, 0.15) is 38.5 Å². The summed E-state index contributed by atoms with van der Waals surface area (Å²) < 4.78 is 27.1. The highest BCUT2D eigenvalue weighted by atomic mass is 32.2. The molecule has 3 aliphatic rings. The Hall–Kier alpha value is -2.24. The van der Waals surface area contributed by atoms with Gasteiger partial charge in [0.15, 0.2) is 0 Å². The fourth-order valence-electron chi connectivity index (χ4n) is 5.12. The molecular weight excluding hydrogens is 446 g/mol.